The van der Waals surface area contributed by atoms with E-state index in [1.807, 2.05) is 6.92 Å². The van der Waals surface area contributed by atoms with Crippen molar-refractivity contribution in [3.8, 4) is 0 Å². The van der Waals surface area contributed by atoms with Crippen LogP contribution in [-0.2, 0) is 6.54 Å². The Kier molecular flexibility index (Phi) is 4.02. The minimum absolute atomic E-state index is 0.0367. The number of benzene rings is 1. The number of aryl methyl sites for hydroxylation is 2. The monoisotopic (exact) mass is 290 g/mol. The molecule has 1 atom stereocenters. The van der Waals surface area contributed by atoms with Crippen LogP contribution < -0.4 is 0 Å². The second-order valence-electron chi connectivity index (χ2n) is 6.12. The fourth-order valence-corrected chi connectivity index (χ4v) is 3.62. The molecule has 1 aliphatic rings. The van der Waals surface area contributed by atoms with Crippen LogP contribution in [0.3, 0.4) is 0 Å². The van der Waals surface area contributed by atoms with Crippen LogP contribution in [0.15, 0.2) is 18.2 Å². The molecule has 0 radical (unpaired) electrons. The quantitative estimate of drug-likeness (QED) is 0.706. The molecule has 1 aromatic heterocycles. The lowest BCUT2D eigenvalue weighted by atomic mass is 10.0. The van der Waals surface area contributed by atoms with Crippen LogP contribution in [0.5, 0.6) is 0 Å². The molecular weight excluding hydrogens is 268 g/mol. The minimum atomic E-state index is -0.0367. The number of fused-ring (bicyclic) bond motifs is 1. The Hall–Kier alpha value is -1.02. The first-order valence-electron chi connectivity index (χ1n) is 7.76. The molecule has 2 aromatic rings. The van der Waals surface area contributed by atoms with Crippen LogP contribution in [0.25, 0.3) is 11.0 Å². The van der Waals surface area contributed by atoms with E-state index in [1.54, 1.807) is 0 Å². The maximum absolute atomic E-state index is 6.34. The molecular formula is C17H23ClN2. The van der Waals surface area contributed by atoms with Crippen LogP contribution in [0, 0.1) is 12.8 Å². The molecule has 1 unspecified atom stereocenters. The number of nitrogens with zero attached hydrogens (tertiary/aromatic N) is 2. The number of halogens is 1. The Morgan fingerprint density at radius 2 is 2.10 bits per heavy atom. The summed E-state index contributed by atoms with van der Waals surface area (Å²) >= 11 is 6.34. The third-order valence-electron chi connectivity index (χ3n) is 4.60. The van der Waals surface area contributed by atoms with Gasteiger partial charge in [-0.3, -0.25) is 0 Å². The van der Waals surface area contributed by atoms with Crippen molar-refractivity contribution in [1.29, 1.82) is 0 Å². The standard InChI is InChI=1S/C17H23ClN2/c1-12-6-5-9-15-16(12)19-17(13(2)18)20(15)11-10-14-7-3-4-8-14/h5-6,9,13-14H,3-4,7-8,10-11H2,1-2H3. The zero-order valence-electron chi connectivity index (χ0n) is 12.4. The van der Waals surface area contributed by atoms with Gasteiger partial charge in [0.1, 0.15) is 5.82 Å². The first kappa shape index (κ1) is 13.9. The number of rotatable bonds is 4. The number of alkyl halides is 1. The molecule has 0 saturated heterocycles. The normalized spacial score (nSPS) is 17.9. The zero-order chi connectivity index (χ0) is 14.1. The Morgan fingerprint density at radius 3 is 2.80 bits per heavy atom. The molecule has 1 fully saturated rings. The summed E-state index contributed by atoms with van der Waals surface area (Å²) in [6, 6.07) is 6.42. The Morgan fingerprint density at radius 1 is 1.35 bits per heavy atom. The first-order chi connectivity index (χ1) is 9.66. The van der Waals surface area contributed by atoms with E-state index in [4.69, 9.17) is 16.6 Å². The SMILES string of the molecule is Cc1cccc2c1nc(C(C)Cl)n2CCC1CCCC1. The summed E-state index contributed by atoms with van der Waals surface area (Å²) in [7, 11) is 0. The highest BCUT2D eigenvalue weighted by Crippen LogP contribution is 2.31. The minimum Gasteiger partial charge on any atom is -0.327 e. The molecule has 0 aliphatic heterocycles. The van der Waals surface area contributed by atoms with E-state index >= 15 is 0 Å². The number of hydrogen-bond acceptors (Lipinski definition) is 1. The van der Waals surface area contributed by atoms with Gasteiger partial charge >= 0.3 is 0 Å². The summed E-state index contributed by atoms with van der Waals surface area (Å²) in [5.74, 6) is 1.92. The molecule has 0 N–H and O–H groups in total. The molecule has 1 heterocycles. The van der Waals surface area contributed by atoms with Gasteiger partial charge in [0, 0.05) is 6.54 Å². The molecule has 1 aliphatic carbocycles. The highest BCUT2D eigenvalue weighted by molar-refractivity contribution is 6.20. The Labute approximate surface area is 126 Å². The van der Waals surface area contributed by atoms with E-state index in [2.05, 4.69) is 29.7 Å². The van der Waals surface area contributed by atoms with Gasteiger partial charge in [-0.1, -0.05) is 37.8 Å². The van der Waals surface area contributed by atoms with Crippen molar-refractivity contribution in [2.24, 2.45) is 5.92 Å². The number of imidazole rings is 1. The molecule has 1 aromatic carbocycles. The number of aromatic nitrogens is 2. The first-order valence-corrected chi connectivity index (χ1v) is 8.20. The number of para-hydroxylation sites is 1. The summed E-state index contributed by atoms with van der Waals surface area (Å²) in [4.78, 5) is 4.79. The predicted molar refractivity (Wildman–Crippen MR) is 85.3 cm³/mol. The molecule has 3 heteroatoms. The van der Waals surface area contributed by atoms with E-state index in [1.165, 1.54) is 43.2 Å². The van der Waals surface area contributed by atoms with Crippen LogP contribution in [0.1, 0.15) is 55.8 Å². The fraction of sp³-hybridized carbons (Fsp3) is 0.588. The lowest BCUT2D eigenvalue weighted by Gasteiger charge is -2.13. The van der Waals surface area contributed by atoms with E-state index in [-0.39, 0.29) is 5.38 Å². The van der Waals surface area contributed by atoms with Gasteiger partial charge in [-0.15, -0.1) is 11.6 Å². The van der Waals surface area contributed by atoms with Crippen molar-refractivity contribution < 1.29 is 0 Å². The van der Waals surface area contributed by atoms with E-state index in [0.717, 1.165) is 23.8 Å². The smallest absolute Gasteiger partial charge is 0.127 e. The molecule has 0 bridgehead atoms. The van der Waals surface area contributed by atoms with Gasteiger partial charge in [0.05, 0.1) is 16.4 Å². The fourth-order valence-electron chi connectivity index (χ4n) is 3.45. The summed E-state index contributed by atoms with van der Waals surface area (Å²) < 4.78 is 2.35. The Bertz CT molecular complexity index is 594. The Balaban J connectivity index is 1.94. The second kappa shape index (κ2) is 5.77. The maximum atomic E-state index is 6.34. The summed E-state index contributed by atoms with van der Waals surface area (Å²) in [5.41, 5.74) is 3.59. The number of hydrogen-bond donors (Lipinski definition) is 0. The van der Waals surface area contributed by atoms with Crippen molar-refractivity contribution in [3.05, 3.63) is 29.6 Å². The van der Waals surface area contributed by atoms with Crippen LogP contribution in [0.4, 0.5) is 0 Å². The van der Waals surface area contributed by atoms with Gasteiger partial charge in [-0.25, -0.2) is 4.98 Å². The largest absolute Gasteiger partial charge is 0.327 e. The van der Waals surface area contributed by atoms with Crippen molar-refractivity contribution in [2.45, 2.75) is 57.9 Å². The van der Waals surface area contributed by atoms with Crippen molar-refractivity contribution in [3.63, 3.8) is 0 Å². The third kappa shape index (κ3) is 2.58. The van der Waals surface area contributed by atoms with Crippen LogP contribution in [-0.4, -0.2) is 9.55 Å². The second-order valence-corrected chi connectivity index (χ2v) is 6.77. The molecule has 1 saturated carbocycles. The molecule has 20 heavy (non-hydrogen) atoms. The topological polar surface area (TPSA) is 17.8 Å². The van der Waals surface area contributed by atoms with Gasteiger partial charge in [0.2, 0.25) is 0 Å². The molecule has 0 spiro atoms. The van der Waals surface area contributed by atoms with Crippen molar-refractivity contribution in [1.82, 2.24) is 9.55 Å². The average Bonchev–Trinajstić information content (AvgIpc) is 3.03. The molecule has 3 rings (SSSR count). The highest BCUT2D eigenvalue weighted by Gasteiger charge is 2.19. The lowest BCUT2D eigenvalue weighted by molar-refractivity contribution is 0.456. The van der Waals surface area contributed by atoms with Gasteiger partial charge < -0.3 is 4.57 Å². The van der Waals surface area contributed by atoms with Gasteiger partial charge in [-0.05, 0) is 37.8 Å². The van der Waals surface area contributed by atoms with Gasteiger partial charge in [-0.2, -0.15) is 0 Å². The average molecular weight is 291 g/mol. The predicted octanol–water partition coefficient (Wildman–Crippen LogP) is 5.22. The van der Waals surface area contributed by atoms with Crippen molar-refractivity contribution in [2.75, 3.05) is 0 Å². The third-order valence-corrected chi connectivity index (χ3v) is 4.80. The van der Waals surface area contributed by atoms with E-state index in [0.29, 0.717) is 0 Å². The van der Waals surface area contributed by atoms with Crippen LogP contribution in [0.2, 0.25) is 0 Å². The van der Waals surface area contributed by atoms with E-state index < -0.39 is 0 Å². The maximum Gasteiger partial charge on any atom is 0.127 e. The molecule has 108 valence electrons. The van der Waals surface area contributed by atoms with Gasteiger partial charge in [0.25, 0.3) is 0 Å². The highest BCUT2D eigenvalue weighted by atomic mass is 35.5. The van der Waals surface area contributed by atoms with E-state index in [9.17, 15) is 0 Å². The molecule has 2 nitrogen and oxygen atoms in total. The van der Waals surface area contributed by atoms with Gasteiger partial charge in [0.15, 0.2) is 0 Å². The zero-order valence-corrected chi connectivity index (χ0v) is 13.2. The van der Waals surface area contributed by atoms with Crippen molar-refractivity contribution >= 4 is 22.6 Å². The lowest BCUT2D eigenvalue weighted by Crippen LogP contribution is -2.08. The van der Waals surface area contributed by atoms with Crippen LogP contribution >= 0.6 is 11.6 Å². The summed E-state index contributed by atoms with van der Waals surface area (Å²) in [6.07, 6.45) is 6.88. The summed E-state index contributed by atoms with van der Waals surface area (Å²) in [6.45, 7) is 5.19. The molecule has 0 amide bonds. The summed E-state index contributed by atoms with van der Waals surface area (Å²) in [5, 5.41) is -0.0367.